The molecule has 0 radical (unpaired) electrons. The first kappa shape index (κ1) is 18.5. The molecule has 1 fully saturated rings. The number of alkyl halides is 3. The molecule has 10 heteroatoms. The SMILES string of the molecule is Cl.N[C@H]1CCN(S(=O)(=O)c2cc(C(F)(F)F)ccc2Cl)C1. The number of hydrogen-bond donors (Lipinski definition) is 1. The summed E-state index contributed by atoms with van der Waals surface area (Å²) in [4.78, 5) is -0.539. The van der Waals surface area contributed by atoms with Gasteiger partial charge in [-0.15, -0.1) is 12.4 Å². The van der Waals surface area contributed by atoms with Crippen molar-refractivity contribution >= 4 is 34.0 Å². The summed E-state index contributed by atoms with van der Waals surface area (Å²) in [6, 6.07) is 1.93. The van der Waals surface area contributed by atoms with Gasteiger partial charge >= 0.3 is 6.18 Å². The summed E-state index contributed by atoms with van der Waals surface area (Å²) in [6.45, 7) is 0.255. The number of halogens is 5. The summed E-state index contributed by atoms with van der Waals surface area (Å²) in [5.74, 6) is 0. The van der Waals surface area contributed by atoms with Gasteiger partial charge in [0.05, 0.1) is 10.6 Å². The third-order valence-corrected chi connectivity index (χ3v) is 5.41. The van der Waals surface area contributed by atoms with Crippen LogP contribution in [-0.2, 0) is 16.2 Å². The quantitative estimate of drug-likeness (QED) is 0.876. The van der Waals surface area contributed by atoms with Gasteiger partial charge in [-0.3, -0.25) is 0 Å². The highest BCUT2D eigenvalue weighted by molar-refractivity contribution is 7.89. The van der Waals surface area contributed by atoms with Crippen molar-refractivity contribution in [1.29, 1.82) is 0 Å². The van der Waals surface area contributed by atoms with Crippen LogP contribution >= 0.6 is 24.0 Å². The molecule has 0 amide bonds. The topological polar surface area (TPSA) is 63.4 Å². The van der Waals surface area contributed by atoms with Crippen LogP contribution in [0, 0.1) is 0 Å². The highest BCUT2D eigenvalue weighted by Crippen LogP contribution is 2.34. The van der Waals surface area contributed by atoms with Crippen LogP contribution in [0.2, 0.25) is 5.02 Å². The number of nitrogens with two attached hydrogens (primary N) is 1. The van der Waals surface area contributed by atoms with Crippen LogP contribution in [0.5, 0.6) is 0 Å². The van der Waals surface area contributed by atoms with Crippen LogP contribution < -0.4 is 5.73 Å². The molecule has 0 saturated carbocycles. The maximum atomic E-state index is 12.7. The van der Waals surface area contributed by atoms with Crippen LogP contribution in [0.15, 0.2) is 23.1 Å². The van der Waals surface area contributed by atoms with E-state index in [4.69, 9.17) is 17.3 Å². The average molecular weight is 365 g/mol. The molecular formula is C11H13Cl2F3N2O2S. The highest BCUT2D eigenvalue weighted by Gasteiger charge is 2.36. The molecule has 0 aromatic heterocycles. The van der Waals surface area contributed by atoms with Gasteiger partial charge in [-0.05, 0) is 24.6 Å². The number of rotatable bonds is 2. The molecule has 0 unspecified atom stereocenters. The van der Waals surface area contributed by atoms with E-state index in [1.165, 1.54) is 0 Å². The standard InChI is InChI=1S/C11H12ClF3N2O2S.ClH/c12-9-2-1-7(11(13,14)15)5-10(9)20(18,19)17-4-3-8(16)6-17;/h1-2,5,8H,3-4,6,16H2;1H/t8-;/m0./s1. The first-order valence-electron chi connectivity index (χ1n) is 5.75. The van der Waals surface area contributed by atoms with E-state index < -0.39 is 26.7 Å². The first-order chi connectivity index (χ1) is 9.12. The van der Waals surface area contributed by atoms with Gasteiger partial charge in [0.25, 0.3) is 0 Å². The summed E-state index contributed by atoms with van der Waals surface area (Å²) >= 11 is 5.74. The van der Waals surface area contributed by atoms with Crippen LogP contribution in [0.3, 0.4) is 0 Å². The zero-order chi connectivity index (χ0) is 15.1. The normalized spacial score (nSPS) is 20.3. The van der Waals surface area contributed by atoms with Crippen molar-refractivity contribution in [2.75, 3.05) is 13.1 Å². The molecule has 1 heterocycles. The van der Waals surface area contributed by atoms with E-state index in [0.717, 1.165) is 16.4 Å². The molecule has 1 aliphatic rings. The lowest BCUT2D eigenvalue weighted by atomic mass is 10.2. The fourth-order valence-corrected chi connectivity index (χ4v) is 4.00. The van der Waals surface area contributed by atoms with Crippen LogP contribution in [0.1, 0.15) is 12.0 Å². The summed E-state index contributed by atoms with van der Waals surface area (Å²) < 4.78 is 63.6. The van der Waals surface area contributed by atoms with Crippen molar-refractivity contribution in [2.45, 2.75) is 23.5 Å². The van der Waals surface area contributed by atoms with Gasteiger partial charge < -0.3 is 5.73 Å². The smallest absolute Gasteiger partial charge is 0.326 e. The number of sulfonamides is 1. The van der Waals surface area contributed by atoms with Crippen molar-refractivity contribution in [3.05, 3.63) is 28.8 Å². The number of nitrogens with zero attached hydrogens (tertiary/aromatic N) is 1. The van der Waals surface area contributed by atoms with E-state index >= 15 is 0 Å². The predicted molar refractivity (Wildman–Crippen MR) is 75.1 cm³/mol. The van der Waals surface area contributed by atoms with Crippen LogP contribution in [-0.4, -0.2) is 31.9 Å². The largest absolute Gasteiger partial charge is 0.416 e. The summed E-state index contributed by atoms with van der Waals surface area (Å²) in [5.41, 5.74) is 4.57. The van der Waals surface area contributed by atoms with E-state index in [2.05, 4.69) is 0 Å². The minimum absolute atomic E-state index is 0. The Morgan fingerprint density at radius 3 is 2.43 bits per heavy atom. The molecule has 2 rings (SSSR count). The van der Waals surface area contributed by atoms with Crippen molar-refractivity contribution in [1.82, 2.24) is 4.31 Å². The van der Waals surface area contributed by atoms with Crippen molar-refractivity contribution in [2.24, 2.45) is 5.73 Å². The summed E-state index contributed by atoms with van der Waals surface area (Å²) in [5, 5.41) is -0.238. The van der Waals surface area contributed by atoms with Crippen LogP contribution in [0.25, 0.3) is 0 Å². The molecule has 4 nitrogen and oxygen atoms in total. The van der Waals surface area contributed by atoms with E-state index in [1.54, 1.807) is 0 Å². The zero-order valence-electron chi connectivity index (χ0n) is 10.6. The second-order valence-electron chi connectivity index (χ2n) is 4.55. The van der Waals surface area contributed by atoms with Crippen molar-refractivity contribution in [3.8, 4) is 0 Å². The predicted octanol–water partition coefficient (Wildman–Crippen LogP) is 2.50. The molecule has 1 aliphatic heterocycles. The first-order valence-corrected chi connectivity index (χ1v) is 7.56. The van der Waals surface area contributed by atoms with Gasteiger partial charge in [-0.1, -0.05) is 11.6 Å². The zero-order valence-corrected chi connectivity index (χ0v) is 13.0. The molecule has 0 bridgehead atoms. The minimum Gasteiger partial charge on any atom is -0.326 e. The van der Waals surface area contributed by atoms with Crippen LogP contribution in [0.4, 0.5) is 13.2 Å². The summed E-state index contributed by atoms with van der Waals surface area (Å²) in [7, 11) is -4.06. The van der Waals surface area contributed by atoms with E-state index in [-0.39, 0.29) is 36.6 Å². The Hall–Kier alpha value is -0.540. The Bertz CT molecular complexity index is 622. The lowest BCUT2D eigenvalue weighted by Crippen LogP contribution is -2.32. The highest BCUT2D eigenvalue weighted by atomic mass is 35.5. The third-order valence-electron chi connectivity index (χ3n) is 3.06. The molecule has 1 atom stereocenters. The number of hydrogen-bond acceptors (Lipinski definition) is 3. The molecular weight excluding hydrogens is 352 g/mol. The third kappa shape index (κ3) is 3.81. The van der Waals surface area contributed by atoms with Crippen molar-refractivity contribution in [3.63, 3.8) is 0 Å². The fourth-order valence-electron chi connectivity index (χ4n) is 1.99. The van der Waals surface area contributed by atoms with Gasteiger partial charge in [0.2, 0.25) is 10.0 Å². The second kappa shape index (κ2) is 6.29. The number of benzene rings is 1. The fraction of sp³-hybridized carbons (Fsp3) is 0.455. The Balaban J connectivity index is 0.00000220. The Morgan fingerprint density at radius 1 is 1.33 bits per heavy atom. The van der Waals surface area contributed by atoms with E-state index in [0.29, 0.717) is 12.5 Å². The van der Waals surface area contributed by atoms with Gasteiger partial charge in [-0.25, -0.2) is 8.42 Å². The molecule has 2 N–H and O–H groups in total. The Morgan fingerprint density at radius 2 is 1.95 bits per heavy atom. The van der Waals surface area contributed by atoms with E-state index in [9.17, 15) is 21.6 Å². The minimum atomic E-state index is -4.63. The molecule has 21 heavy (non-hydrogen) atoms. The monoisotopic (exact) mass is 364 g/mol. The van der Waals surface area contributed by atoms with Gasteiger partial charge in [0, 0.05) is 19.1 Å². The van der Waals surface area contributed by atoms with E-state index in [1.807, 2.05) is 0 Å². The lowest BCUT2D eigenvalue weighted by Gasteiger charge is -2.18. The maximum Gasteiger partial charge on any atom is 0.416 e. The Kier molecular flexibility index (Phi) is 5.55. The second-order valence-corrected chi connectivity index (χ2v) is 6.87. The summed E-state index contributed by atoms with van der Waals surface area (Å²) in [6.07, 6.45) is -4.16. The average Bonchev–Trinajstić information content (AvgIpc) is 2.75. The molecule has 0 aliphatic carbocycles. The Labute approximate surface area is 131 Å². The molecule has 1 aromatic rings. The van der Waals surface area contributed by atoms with Gasteiger partial charge in [0.1, 0.15) is 4.90 Å². The maximum absolute atomic E-state index is 12.7. The van der Waals surface area contributed by atoms with Gasteiger partial charge in [-0.2, -0.15) is 17.5 Å². The molecule has 1 aromatic carbocycles. The lowest BCUT2D eigenvalue weighted by molar-refractivity contribution is -0.137. The van der Waals surface area contributed by atoms with Crippen molar-refractivity contribution < 1.29 is 21.6 Å². The van der Waals surface area contributed by atoms with Gasteiger partial charge in [0.15, 0.2) is 0 Å². The molecule has 1 saturated heterocycles. The molecule has 120 valence electrons. The molecule has 0 spiro atoms.